The molecule has 0 bridgehead atoms. The third-order valence-electron chi connectivity index (χ3n) is 2.66. The molecule has 0 aliphatic heterocycles. The zero-order valence-corrected chi connectivity index (χ0v) is 10.3. The number of unbranched alkanes of at least 4 members (excludes halogenated alkanes) is 1. The first kappa shape index (κ1) is 14.4. The van der Waals surface area contributed by atoms with Gasteiger partial charge in [0.05, 0.1) is 0 Å². The van der Waals surface area contributed by atoms with Crippen LogP contribution < -0.4 is 0 Å². The van der Waals surface area contributed by atoms with Gasteiger partial charge in [0.25, 0.3) is 0 Å². The summed E-state index contributed by atoms with van der Waals surface area (Å²) < 4.78 is 5.23. The molecule has 0 spiro atoms. The Morgan fingerprint density at radius 1 is 1.33 bits per heavy atom. The second-order valence-corrected chi connectivity index (χ2v) is 4.18. The van der Waals surface area contributed by atoms with Crippen LogP contribution in [0.3, 0.4) is 0 Å². The molecule has 3 heteroatoms. The summed E-state index contributed by atoms with van der Waals surface area (Å²) >= 11 is 0. The quantitative estimate of drug-likeness (QED) is 0.665. The first-order valence-corrected chi connectivity index (χ1v) is 5.91. The number of hydrogen-bond acceptors (Lipinski definition) is 3. The van der Waals surface area contributed by atoms with E-state index in [1.807, 2.05) is 6.92 Å². The van der Waals surface area contributed by atoms with Crippen LogP contribution in [0.15, 0.2) is 0 Å². The lowest BCUT2D eigenvalue weighted by molar-refractivity contribution is -0.161. The molecule has 3 nitrogen and oxygen atoms in total. The van der Waals surface area contributed by atoms with Crippen LogP contribution >= 0.6 is 0 Å². The molecule has 0 aliphatic carbocycles. The van der Waals surface area contributed by atoms with Crippen molar-refractivity contribution in [2.45, 2.75) is 65.6 Å². The molecule has 1 N–H and O–H groups in total. The average molecular weight is 216 g/mol. The van der Waals surface area contributed by atoms with Crippen LogP contribution in [-0.4, -0.2) is 23.3 Å². The summed E-state index contributed by atoms with van der Waals surface area (Å²) in [6.07, 6.45) is 3.12. The number of esters is 1. The Labute approximate surface area is 92.8 Å². The van der Waals surface area contributed by atoms with Crippen molar-refractivity contribution in [3.05, 3.63) is 0 Å². The molecule has 0 aromatic heterocycles. The van der Waals surface area contributed by atoms with Gasteiger partial charge in [-0.3, -0.25) is 0 Å². The largest absolute Gasteiger partial charge is 0.460 e. The Morgan fingerprint density at radius 3 is 2.33 bits per heavy atom. The lowest BCUT2D eigenvalue weighted by Gasteiger charge is -2.23. The first-order valence-electron chi connectivity index (χ1n) is 5.91. The van der Waals surface area contributed by atoms with Crippen LogP contribution in [0.25, 0.3) is 0 Å². The molecule has 90 valence electrons. The number of rotatable bonds is 7. The van der Waals surface area contributed by atoms with E-state index < -0.39 is 12.1 Å². The zero-order valence-electron chi connectivity index (χ0n) is 10.3. The summed E-state index contributed by atoms with van der Waals surface area (Å²) in [7, 11) is 0. The third-order valence-corrected chi connectivity index (χ3v) is 2.66. The van der Waals surface area contributed by atoms with Crippen LogP contribution in [0.5, 0.6) is 0 Å². The van der Waals surface area contributed by atoms with E-state index in [1.165, 1.54) is 6.92 Å². The summed E-state index contributed by atoms with van der Waals surface area (Å²) in [5.41, 5.74) is 0. The number of aliphatic hydroxyl groups excluding tert-OH is 1. The van der Waals surface area contributed by atoms with Crippen molar-refractivity contribution in [2.75, 3.05) is 0 Å². The van der Waals surface area contributed by atoms with E-state index in [9.17, 15) is 4.79 Å². The lowest BCUT2D eigenvalue weighted by Crippen LogP contribution is -2.29. The van der Waals surface area contributed by atoms with E-state index in [4.69, 9.17) is 9.84 Å². The van der Waals surface area contributed by atoms with Crippen molar-refractivity contribution in [3.63, 3.8) is 0 Å². The molecule has 0 saturated carbocycles. The van der Waals surface area contributed by atoms with Crippen molar-refractivity contribution >= 4 is 5.97 Å². The van der Waals surface area contributed by atoms with E-state index in [0.29, 0.717) is 5.92 Å². The van der Waals surface area contributed by atoms with Gasteiger partial charge < -0.3 is 9.84 Å². The maximum atomic E-state index is 11.2. The minimum absolute atomic E-state index is 0.0568. The maximum absolute atomic E-state index is 11.2. The molecule has 2 unspecified atom stereocenters. The predicted octanol–water partition coefficient (Wildman–Crippen LogP) is 2.52. The van der Waals surface area contributed by atoms with Crippen LogP contribution in [0.1, 0.15) is 53.4 Å². The normalized spacial score (nSPS) is 16.9. The van der Waals surface area contributed by atoms with Crippen molar-refractivity contribution in [3.8, 4) is 0 Å². The molecule has 0 heterocycles. The van der Waals surface area contributed by atoms with E-state index in [0.717, 1.165) is 25.7 Å². The average Bonchev–Trinajstić information content (AvgIpc) is 2.21. The molecular weight excluding hydrogens is 192 g/mol. The van der Waals surface area contributed by atoms with Crippen LogP contribution in [0, 0.1) is 5.92 Å². The molecular formula is C12H24O3. The van der Waals surface area contributed by atoms with Gasteiger partial charge in [0.2, 0.25) is 0 Å². The first-order chi connectivity index (χ1) is 7.02. The monoisotopic (exact) mass is 216 g/mol. The standard InChI is InChI=1S/C12H24O3/c1-5-7-8-9(3)11(6-2)15-12(14)10(4)13/h9-11,13H,5-8H2,1-4H3/t9?,10-,11?/m0/s1. The summed E-state index contributed by atoms with van der Waals surface area (Å²) in [5.74, 6) is -0.136. The van der Waals surface area contributed by atoms with Crippen LogP contribution in [0.2, 0.25) is 0 Å². The molecule has 0 aromatic carbocycles. The van der Waals surface area contributed by atoms with Gasteiger partial charge in [-0.2, -0.15) is 0 Å². The minimum Gasteiger partial charge on any atom is -0.460 e. The van der Waals surface area contributed by atoms with Crippen LogP contribution in [-0.2, 0) is 9.53 Å². The third kappa shape index (κ3) is 5.78. The highest BCUT2D eigenvalue weighted by molar-refractivity contribution is 5.73. The Hall–Kier alpha value is -0.570. The smallest absolute Gasteiger partial charge is 0.334 e. The molecule has 0 aromatic rings. The number of carbonyl (C=O) groups is 1. The maximum Gasteiger partial charge on any atom is 0.334 e. The highest BCUT2D eigenvalue weighted by atomic mass is 16.6. The summed E-state index contributed by atoms with van der Waals surface area (Å²) in [6, 6.07) is 0. The molecule has 15 heavy (non-hydrogen) atoms. The summed E-state index contributed by atoms with van der Waals surface area (Å²) in [5, 5.41) is 9.05. The second-order valence-electron chi connectivity index (χ2n) is 4.18. The van der Waals surface area contributed by atoms with E-state index >= 15 is 0 Å². The van der Waals surface area contributed by atoms with Gasteiger partial charge >= 0.3 is 5.97 Å². The SMILES string of the molecule is CCCCC(C)C(CC)OC(=O)[C@H](C)O. The molecule has 3 atom stereocenters. The zero-order chi connectivity index (χ0) is 11.8. The Kier molecular flexibility index (Phi) is 7.39. The van der Waals surface area contributed by atoms with Crippen molar-refractivity contribution in [1.29, 1.82) is 0 Å². The molecule has 0 radical (unpaired) electrons. The number of carbonyl (C=O) groups excluding carboxylic acids is 1. The van der Waals surface area contributed by atoms with Gasteiger partial charge in [-0.25, -0.2) is 4.79 Å². The van der Waals surface area contributed by atoms with E-state index in [1.54, 1.807) is 0 Å². The van der Waals surface area contributed by atoms with Crippen molar-refractivity contribution in [2.24, 2.45) is 5.92 Å². The van der Waals surface area contributed by atoms with Crippen molar-refractivity contribution < 1.29 is 14.6 Å². The van der Waals surface area contributed by atoms with Gasteiger partial charge in [0.15, 0.2) is 0 Å². The van der Waals surface area contributed by atoms with Crippen LogP contribution in [0.4, 0.5) is 0 Å². The fourth-order valence-corrected chi connectivity index (χ4v) is 1.56. The van der Waals surface area contributed by atoms with Gasteiger partial charge in [0.1, 0.15) is 12.2 Å². The molecule has 0 aliphatic rings. The summed E-state index contributed by atoms with van der Waals surface area (Å²) in [4.78, 5) is 11.2. The number of aliphatic hydroxyl groups is 1. The Balaban J connectivity index is 4.05. The Bertz CT molecular complexity index is 178. The highest BCUT2D eigenvalue weighted by Gasteiger charge is 2.21. The topological polar surface area (TPSA) is 46.5 Å². The number of ether oxygens (including phenoxy) is 1. The van der Waals surface area contributed by atoms with E-state index in [-0.39, 0.29) is 6.10 Å². The van der Waals surface area contributed by atoms with Gasteiger partial charge in [0, 0.05) is 0 Å². The highest BCUT2D eigenvalue weighted by Crippen LogP contribution is 2.18. The minimum atomic E-state index is -1.02. The van der Waals surface area contributed by atoms with Gasteiger partial charge in [-0.05, 0) is 25.7 Å². The van der Waals surface area contributed by atoms with Crippen molar-refractivity contribution in [1.82, 2.24) is 0 Å². The summed E-state index contributed by atoms with van der Waals surface area (Å²) in [6.45, 7) is 7.68. The second kappa shape index (κ2) is 7.69. The Morgan fingerprint density at radius 2 is 1.93 bits per heavy atom. The molecule has 0 amide bonds. The van der Waals surface area contributed by atoms with E-state index in [2.05, 4.69) is 13.8 Å². The lowest BCUT2D eigenvalue weighted by atomic mass is 9.96. The molecule has 0 rings (SSSR count). The van der Waals surface area contributed by atoms with Gasteiger partial charge in [-0.15, -0.1) is 0 Å². The fraction of sp³-hybridized carbons (Fsp3) is 0.917. The fourth-order valence-electron chi connectivity index (χ4n) is 1.56. The molecule has 0 saturated heterocycles. The molecule has 0 fully saturated rings. The predicted molar refractivity (Wildman–Crippen MR) is 60.5 cm³/mol. The number of hydrogen-bond donors (Lipinski definition) is 1. The van der Waals surface area contributed by atoms with Gasteiger partial charge in [-0.1, -0.05) is 33.6 Å².